The third-order valence-corrected chi connectivity index (χ3v) is 5.89. The lowest BCUT2D eigenvalue weighted by Crippen LogP contribution is -2.20. The van der Waals surface area contributed by atoms with Crippen molar-refractivity contribution in [1.29, 1.82) is 0 Å². The predicted octanol–water partition coefficient (Wildman–Crippen LogP) is 5.20. The van der Waals surface area contributed by atoms with E-state index in [-0.39, 0.29) is 0 Å². The number of esters is 1. The SMILES string of the molecule is O=C(COC(=O)c1ccc2nc(-c3cccnc3)[nH]c2c1)Nc1nc(-c2ccc(Cl)cc2)cs1. The highest BCUT2D eigenvalue weighted by Crippen LogP contribution is 2.26. The van der Waals surface area contributed by atoms with Gasteiger partial charge in [0.25, 0.3) is 5.91 Å². The second-order valence-corrected chi connectivity index (χ2v) is 8.52. The first kappa shape index (κ1) is 21.7. The molecule has 0 radical (unpaired) electrons. The molecule has 8 nitrogen and oxygen atoms in total. The summed E-state index contributed by atoms with van der Waals surface area (Å²) >= 11 is 7.19. The van der Waals surface area contributed by atoms with E-state index < -0.39 is 18.5 Å². The van der Waals surface area contributed by atoms with Crippen molar-refractivity contribution in [2.45, 2.75) is 0 Å². The average Bonchev–Trinajstić information content (AvgIpc) is 3.50. The minimum Gasteiger partial charge on any atom is -0.452 e. The van der Waals surface area contributed by atoms with E-state index in [9.17, 15) is 9.59 Å². The molecule has 168 valence electrons. The standard InChI is InChI=1S/C24H16ClN5O3S/c25-17-6-3-14(4-7-17)20-13-34-24(29-20)30-21(31)12-33-23(32)15-5-8-18-19(10-15)28-22(27-18)16-2-1-9-26-11-16/h1-11,13H,12H2,(H,27,28)(H,29,30,31). The predicted molar refractivity (Wildman–Crippen MR) is 131 cm³/mol. The quantitative estimate of drug-likeness (QED) is 0.317. The van der Waals surface area contributed by atoms with Crippen LogP contribution in [0.3, 0.4) is 0 Å². The van der Waals surface area contributed by atoms with Gasteiger partial charge in [-0.3, -0.25) is 15.1 Å². The minimum absolute atomic E-state index is 0.306. The van der Waals surface area contributed by atoms with Gasteiger partial charge < -0.3 is 9.72 Å². The van der Waals surface area contributed by atoms with Gasteiger partial charge in [0.05, 0.1) is 22.3 Å². The fraction of sp³-hybridized carbons (Fsp3) is 0.0417. The number of imidazole rings is 1. The Labute approximate surface area is 202 Å². The molecule has 0 bridgehead atoms. The summed E-state index contributed by atoms with van der Waals surface area (Å²) in [6.45, 7) is -0.434. The van der Waals surface area contributed by atoms with Gasteiger partial charge in [0.2, 0.25) is 0 Å². The van der Waals surface area contributed by atoms with E-state index in [1.165, 1.54) is 11.3 Å². The van der Waals surface area contributed by atoms with E-state index in [0.29, 0.717) is 38.3 Å². The molecule has 2 aromatic carbocycles. The highest BCUT2D eigenvalue weighted by atomic mass is 35.5. The summed E-state index contributed by atoms with van der Waals surface area (Å²) in [5.41, 5.74) is 4.12. The van der Waals surface area contributed by atoms with Crippen LogP contribution in [0.4, 0.5) is 5.13 Å². The number of carbonyl (C=O) groups excluding carboxylic acids is 2. The van der Waals surface area contributed by atoms with E-state index in [4.69, 9.17) is 16.3 Å². The van der Waals surface area contributed by atoms with Crippen LogP contribution in [0.25, 0.3) is 33.7 Å². The minimum atomic E-state index is -0.615. The van der Waals surface area contributed by atoms with Crippen molar-refractivity contribution >= 4 is 51.0 Å². The molecule has 5 rings (SSSR count). The van der Waals surface area contributed by atoms with Crippen LogP contribution in [0.15, 0.2) is 72.4 Å². The number of hydrogen-bond donors (Lipinski definition) is 2. The number of nitrogens with zero attached hydrogens (tertiary/aromatic N) is 3. The summed E-state index contributed by atoms with van der Waals surface area (Å²) in [4.78, 5) is 40.9. The molecular weight excluding hydrogens is 474 g/mol. The molecule has 0 spiro atoms. The van der Waals surface area contributed by atoms with E-state index in [2.05, 4.69) is 25.3 Å². The maximum absolute atomic E-state index is 12.5. The van der Waals surface area contributed by atoms with Gasteiger partial charge in [-0.25, -0.2) is 14.8 Å². The molecule has 3 aromatic heterocycles. The van der Waals surface area contributed by atoms with Gasteiger partial charge in [-0.1, -0.05) is 23.7 Å². The fourth-order valence-corrected chi connectivity index (χ4v) is 4.09. The first-order chi connectivity index (χ1) is 16.5. The fourth-order valence-electron chi connectivity index (χ4n) is 3.23. The third-order valence-electron chi connectivity index (χ3n) is 4.88. The Balaban J connectivity index is 1.20. The number of halogens is 1. The van der Waals surface area contributed by atoms with Crippen molar-refractivity contribution in [3.63, 3.8) is 0 Å². The third kappa shape index (κ3) is 4.80. The normalized spacial score (nSPS) is 10.9. The smallest absolute Gasteiger partial charge is 0.338 e. The Morgan fingerprint density at radius 1 is 1.06 bits per heavy atom. The second-order valence-electron chi connectivity index (χ2n) is 7.23. The van der Waals surface area contributed by atoms with Crippen LogP contribution in [0.5, 0.6) is 0 Å². The summed E-state index contributed by atoms with van der Waals surface area (Å²) in [6.07, 6.45) is 3.38. The molecule has 1 amide bonds. The number of nitrogens with one attached hydrogen (secondary N) is 2. The van der Waals surface area contributed by atoms with Crippen molar-refractivity contribution in [1.82, 2.24) is 19.9 Å². The van der Waals surface area contributed by atoms with Crippen molar-refractivity contribution in [2.24, 2.45) is 0 Å². The number of pyridine rings is 1. The monoisotopic (exact) mass is 489 g/mol. The van der Waals surface area contributed by atoms with Crippen molar-refractivity contribution < 1.29 is 14.3 Å². The number of rotatable bonds is 6. The van der Waals surface area contributed by atoms with Crippen LogP contribution in [-0.4, -0.2) is 38.4 Å². The van der Waals surface area contributed by atoms with E-state index in [1.54, 1.807) is 42.7 Å². The number of ether oxygens (including phenoxy) is 1. The molecule has 3 heterocycles. The molecule has 0 saturated carbocycles. The molecule has 0 aliphatic carbocycles. The van der Waals surface area contributed by atoms with Gasteiger partial charge in [0.15, 0.2) is 11.7 Å². The molecule has 2 N–H and O–H groups in total. The molecule has 10 heteroatoms. The van der Waals surface area contributed by atoms with Gasteiger partial charge in [0, 0.05) is 33.9 Å². The largest absolute Gasteiger partial charge is 0.452 e. The van der Waals surface area contributed by atoms with Gasteiger partial charge in [-0.05, 0) is 42.5 Å². The zero-order valence-corrected chi connectivity index (χ0v) is 19.1. The number of thiazole rings is 1. The zero-order valence-electron chi connectivity index (χ0n) is 17.5. The zero-order chi connectivity index (χ0) is 23.5. The first-order valence-corrected chi connectivity index (χ1v) is 11.4. The molecule has 34 heavy (non-hydrogen) atoms. The Morgan fingerprint density at radius 3 is 2.71 bits per heavy atom. The lowest BCUT2D eigenvalue weighted by atomic mass is 10.2. The van der Waals surface area contributed by atoms with E-state index >= 15 is 0 Å². The highest BCUT2D eigenvalue weighted by molar-refractivity contribution is 7.14. The molecule has 0 atom stereocenters. The van der Waals surface area contributed by atoms with Crippen molar-refractivity contribution in [2.75, 3.05) is 11.9 Å². The van der Waals surface area contributed by atoms with Crippen LogP contribution < -0.4 is 5.32 Å². The number of anilines is 1. The highest BCUT2D eigenvalue weighted by Gasteiger charge is 2.14. The van der Waals surface area contributed by atoms with Crippen LogP contribution in [0.2, 0.25) is 5.02 Å². The summed E-state index contributed by atoms with van der Waals surface area (Å²) in [5, 5.41) is 5.51. The number of fused-ring (bicyclic) bond motifs is 1. The second kappa shape index (κ2) is 9.42. The van der Waals surface area contributed by atoms with Gasteiger partial charge in [0.1, 0.15) is 5.82 Å². The van der Waals surface area contributed by atoms with Crippen LogP contribution >= 0.6 is 22.9 Å². The van der Waals surface area contributed by atoms with Crippen molar-refractivity contribution in [3.05, 3.63) is 83.0 Å². The molecular formula is C24H16ClN5O3S. The number of amides is 1. The topological polar surface area (TPSA) is 110 Å². The molecule has 0 saturated heterocycles. The van der Waals surface area contributed by atoms with Crippen molar-refractivity contribution in [3.8, 4) is 22.6 Å². The Morgan fingerprint density at radius 2 is 1.91 bits per heavy atom. The first-order valence-electron chi connectivity index (χ1n) is 10.1. The lowest BCUT2D eigenvalue weighted by Gasteiger charge is -2.05. The van der Waals surface area contributed by atoms with E-state index in [0.717, 1.165) is 11.1 Å². The Hall–Kier alpha value is -4.08. The number of aromatic nitrogens is 4. The number of H-pyrrole nitrogens is 1. The molecule has 0 unspecified atom stereocenters. The number of hydrogen-bond acceptors (Lipinski definition) is 7. The number of aromatic amines is 1. The molecule has 0 fully saturated rings. The summed E-state index contributed by atoms with van der Waals surface area (Å²) in [7, 11) is 0. The summed E-state index contributed by atoms with van der Waals surface area (Å²) in [6, 6.07) is 15.9. The summed E-state index contributed by atoms with van der Waals surface area (Å²) in [5.74, 6) is -0.447. The van der Waals surface area contributed by atoms with Gasteiger partial charge in [-0.15, -0.1) is 11.3 Å². The average molecular weight is 490 g/mol. The number of carbonyl (C=O) groups is 2. The van der Waals surface area contributed by atoms with Gasteiger partial charge >= 0.3 is 5.97 Å². The Bertz CT molecular complexity index is 1480. The maximum atomic E-state index is 12.5. The van der Waals surface area contributed by atoms with Crippen LogP contribution in [0, 0.1) is 0 Å². The molecule has 5 aromatic rings. The summed E-state index contributed by atoms with van der Waals surface area (Å²) < 4.78 is 5.17. The lowest BCUT2D eigenvalue weighted by molar-refractivity contribution is -0.119. The molecule has 0 aliphatic rings. The van der Waals surface area contributed by atoms with Crippen LogP contribution in [0.1, 0.15) is 10.4 Å². The van der Waals surface area contributed by atoms with Gasteiger partial charge in [-0.2, -0.15) is 0 Å². The Kier molecular flexibility index (Phi) is 6.03. The van der Waals surface area contributed by atoms with E-state index in [1.807, 2.05) is 29.6 Å². The van der Waals surface area contributed by atoms with Crippen LogP contribution in [-0.2, 0) is 9.53 Å². The molecule has 0 aliphatic heterocycles. The maximum Gasteiger partial charge on any atom is 0.338 e. The number of benzene rings is 2.